The molecule has 0 amide bonds. The van der Waals surface area contributed by atoms with Crippen LogP contribution < -0.4 is 0 Å². The minimum atomic E-state index is -0.263. The van der Waals surface area contributed by atoms with Crippen LogP contribution in [0.3, 0.4) is 0 Å². The summed E-state index contributed by atoms with van der Waals surface area (Å²) in [5.41, 5.74) is 2.76. The monoisotopic (exact) mass is 340 g/mol. The number of thioether (sulfide) groups is 1. The molecule has 0 bridgehead atoms. The first-order chi connectivity index (χ1) is 11.7. The number of phenolic OH excluding ortho intramolecular Hbond substituents is 1. The van der Waals surface area contributed by atoms with Crippen LogP contribution in [0, 0.1) is 5.82 Å². The van der Waals surface area contributed by atoms with Gasteiger partial charge in [-0.15, -0.1) is 10.2 Å². The molecule has 2 aromatic carbocycles. The summed E-state index contributed by atoms with van der Waals surface area (Å²) < 4.78 is 14.8. The van der Waals surface area contributed by atoms with Crippen LogP contribution in [-0.4, -0.2) is 31.4 Å². The van der Waals surface area contributed by atoms with Crippen LogP contribution in [0.15, 0.2) is 58.8 Å². The zero-order chi connectivity index (χ0) is 16.5. The number of nitrogens with zero attached hydrogens (tertiary/aromatic N) is 4. The minimum absolute atomic E-state index is 0.231. The maximum absolute atomic E-state index is 13.1. The van der Waals surface area contributed by atoms with E-state index >= 15 is 0 Å². The molecule has 0 unspecified atom stereocenters. The molecule has 2 heterocycles. The van der Waals surface area contributed by atoms with Gasteiger partial charge >= 0.3 is 0 Å². The summed E-state index contributed by atoms with van der Waals surface area (Å²) in [4.78, 5) is 0. The lowest BCUT2D eigenvalue weighted by atomic mass is 10.1. The van der Waals surface area contributed by atoms with Gasteiger partial charge in [0.05, 0.1) is 5.71 Å². The van der Waals surface area contributed by atoms with Crippen molar-refractivity contribution in [3.8, 4) is 5.75 Å². The number of halogens is 1. The number of aromatic hydroxyl groups is 1. The smallest absolute Gasteiger partial charge is 0.212 e. The fourth-order valence-corrected chi connectivity index (χ4v) is 3.32. The summed E-state index contributed by atoms with van der Waals surface area (Å²) in [6, 6.07) is 13.3. The molecule has 0 fully saturated rings. The summed E-state index contributed by atoms with van der Waals surface area (Å²) in [6.45, 7) is 0. The molecule has 0 radical (unpaired) electrons. The molecule has 5 nitrogen and oxygen atoms in total. The van der Waals surface area contributed by atoms with Crippen molar-refractivity contribution in [2.45, 2.75) is 11.6 Å². The van der Waals surface area contributed by atoms with E-state index in [0.717, 1.165) is 27.8 Å². The van der Waals surface area contributed by atoms with E-state index < -0.39 is 0 Å². The lowest BCUT2D eigenvalue weighted by molar-refractivity contribution is 0.475. The summed E-state index contributed by atoms with van der Waals surface area (Å²) in [5, 5.41) is 23.1. The molecule has 7 heteroatoms. The standard InChI is InChI=1S/C17H13FN4OS/c18-13-5-3-12(4-6-13)15-10-24-17-20-19-16(22(17)21-15)9-11-1-7-14(23)8-2-11/h1-8,23H,9-10H2. The highest BCUT2D eigenvalue weighted by Gasteiger charge is 2.20. The highest BCUT2D eigenvalue weighted by Crippen LogP contribution is 2.25. The fraction of sp³-hybridized carbons (Fsp3) is 0.118. The predicted octanol–water partition coefficient (Wildman–Crippen LogP) is 3.07. The van der Waals surface area contributed by atoms with Gasteiger partial charge in [-0.05, 0) is 35.4 Å². The Kier molecular flexibility index (Phi) is 3.78. The predicted molar refractivity (Wildman–Crippen MR) is 90.0 cm³/mol. The Labute approximate surface area is 141 Å². The Morgan fingerprint density at radius 3 is 2.54 bits per heavy atom. The second-order valence-corrected chi connectivity index (χ2v) is 6.34. The van der Waals surface area contributed by atoms with Gasteiger partial charge in [-0.1, -0.05) is 36.0 Å². The number of hydrogen-bond acceptors (Lipinski definition) is 5. The molecule has 0 atom stereocenters. The fourth-order valence-electron chi connectivity index (χ4n) is 2.46. The first-order valence-electron chi connectivity index (χ1n) is 7.38. The maximum atomic E-state index is 13.1. The lowest BCUT2D eigenvalue weighted by Crippen LogP contribution is -2.14. The molecule has 1 aliphatic rings. The van der Waals surface area contributed by atoms with Gasteiger partial charge in [0, 0.05) is 12.2 Å². The van der Waals surface area contributed by atoms with E-state index in [2.05, 4.69) is 15.3 Å². The molecule has 0 spiro atoms. The van der Waals surface area contributed by atoms with Crippen molar-refractivity contribution in [2.75, 3.05) is 5.75 Å². The van der Waals surface area contributed by atoms with Crippen molar-refractivity contribution in [3.05, 3.63) is 71.3 Å². The van der Waals surface area contributed by atoms with Crippen LogP contribution in [0.4, 0.5) is 4.39 Å². The van der Waals surface area contributed by atoms with Gasteiger partial charge in [-0.2, -0.15) is 9.78 Å². The highest BCUT2D eigenvalue weighted by molar-refractivity contribution is 7.99. The van der Waals surface area contributed by atoms with Crippen molar-refractivity contribution >= 4 is 17.5 Å². The zero-order valence-electron chi connectivity index (χ0n) is 12.6. The number of aromatic nitrogens is 3. The van der Waals surface area contributed by atoms with E-state index in [1.54, 1.807) is 40.7 Å². The number of rotatable bonds is 3. The van der Waals surface area contributed by atoms with Gasteiger partial charge in [-0.25, -0.2) is 4.39 Å². The van der Waals surface area contributed by atoms with E-state index in [0.29, 0.717) is 12.2 Å². The van der Waals surface area contributed by atoms with Crippen molar-refractivity contribution < 1.29 is 9.50 Å². The second kappa shape index (κ2) is 6.09. The van der Waals surface area contributed by atoms with Gasteiger partial charge in [0.1, 0.15) is 11.6 Å². The molecule has 1 aromatic heterocycles. The molecular weight excluding hydrogens is 327 g/mol. The molecule has 24 heavy (non-hydrogen) atoms. The van der Waals surface area contributed by atoms with Crippen molar-refractivity contribution in [2.24, 2.45) is 5.10 Å². The number of phenols is 1. The van der Waals surface area contributed by atoms with Crippen molar-refractivity contribution in [1.82, 2.24) is 14.9 Å². The number of benzene rings is 2. The van der Waals surface area contributed by atoms with E-state index in [-0.39, 0.29) is 11.6 Å². The Hall–Kier alpha value is -2.67. The Morgan fingerprint density at radius 2 is 1.79 bits per heavy atom. The van der Waals surface area contributed by atoms with Crippen LogP contribution in [0.25, 0.3) is 0 Å². The minimum Gasteiger partial charge on any atom is -0.508 e. The van der Waals surface area contributed by atoms with Crippen LogP contribution in [0.2, 0.25) is 0 Å². The lowest BCUT2D eigenvalue weighted by Gasteiger charge is -2.14. The van der Waals surface area contributed by atoms with E-state index in [1.165, 1.54) is 12.1 Å². The normalized spacial score (nSPS) is 13.5. The third-order valence-electron chi connectivity index (χ3n) is 3.71. The third-order valence-corrected chi connectivity index (χ3v) is 4.64. The molecule has 3 aromatic rings. The summed E-state index contributed by atoms with van der Waals surface area (Å²) >= 11 is 1.55. The van der Waals surface area contributed by atoms with Crippen LogP contribution in [0.5, 0.6) is 5.75 Å². The second-order valence-electron chi connectivity index (χ2n) is 5.40. The molecule has 0 saturated carbocycles. The molecule has 1 aliphatic heterocycles. The quantitative estimate of drug-likeness (QED) is 0.796. The Bertz CT molecular complexity index is 903. The highest BCUT2D eigenvalue weighted by atomic mass is 32.2. The Morgan fingerprint density at radius 1 is 1.04 bits per heavy atom. The first kappa shape index (κ1) is 14.9. The summed E-state index contributed by atoms with van der Waals surface area (Å²) in [5.74, 6) is 1.36. The molecule has 120 valence electrons. The van der Waals surface area contributed by atoms with Gasteiger partial charge in [-0.3, -0.25) is 0 Å². The SMILES string of the molecule is Oc1ccc(Cc2nnc3n2N=C(c2ccc(F)cc2)CS3)cc1. The zero-order valence-corrected chi connectivity index (χ0v) is 13.4. The van der Waals surface area contributed by atoms with Crippen LogP contribution >= 0.6 is 11.8 Å². The Balaban J connectivity index is 1.66. The van der Waals surface area contributed by atoms with Gasteiger partial charge < -0.3 is 5.11 Å². The van der Waals surface area contributed by atoms with Crippen LogP contribution in [-0.2, 0) is 6.42 Å². The molecule has 0 saturated heterocycles. The topological polar surface area (TPSA) is 63.3 Å². The third kappa shape index (κ3) is 2.90. The molecule has 1 N–H and O–H groups in total. The summed E-state index contributed by atoms with van der Waals surface area (Å²) in [6.07, 6.45) is 0.564. The largest absolute Gasteiger partial charge is 0.508 e. The van der Waals surface area contributed by atoms with E-state index in [4.69, 9.17) is 0 Å². The molecule has 0 aliphatic carbocycles. The number of hydrogen-bond donors (Lipinski definition) is 1. The average Bonchev–Trinajstić information content (AvgIpc) is 3.00. The van der Waals surface area contributed by atoms with Gasteiger partial charge in [0.2, 0.25) is 5.16 Å². The molecule has 4 rings (SSSR count). The molecular formula is C17H13FN4OS. The van der Waals surface area contributed by atoms with Crippen LogP contribution in [0.1, 0.15) is 17.0 Å². The average molecular weight is 340 g/mol. The maximum Gasteiger partial charge on any atom is 0.212 e. The van der Waals surface area contributed by atoms with E-state index in [9.17, 15) is 9.50 Å². The van der Waals surface area contributed by atoms with Gasteiger partial charge in [0.25, 0.3) is 0 Å². The van der Waals surface area contributed by atoms with E-state index in [1.807, 2.05) is 12.1 Å². The first-order valence-corrected chi connectivity index (χ1v) is 8.36. The van der Waals surface area contributed by atoms with Crippen molar-refractivity contribution in [3.63, 3.8) is 0 Å². The van der Waals surface area contributed by atoms with Gasteiger partial charge in [0.15, 0.2) is 5.82 Å². The van der Waals surface area contributed by atoms with Crippen molar-refractivity contribution in [1.29, 1.82) is 0 Å². The summed E-state index contributed by atoms with van der Waals surface area (Å²) in [7, 11) is 0. The number of fused-ring (bicyclic) bond motifs is 1.